The monoisotopic (exact) mass is 251 g/mol. The Morgan fingerprint density at radius 3 is 2.83 bits per heavy atom. The van der Waals surface area contributed by atoms with Crippen LogP contribution >= 0.6 is 0 Å². The molecule has 0 amide bonds. The van der Waals surface area contributed by atoms with Crippen LogP contribution in [0.1, 0.15) is 38.7 Å². The van der Waals surface area contributed by atoms with Gasteiger partial charge in [0, 0.05) is 31.2 Å². The van der Waals surface area contributed by atoms with E-state index in [1.54, 1.807) is 12.4 Å². The largest absolute Gasteiger partial charge is 0.492 e. The maximum atomic E-state index is 10.5. The summed E-state index contributed by atoms with van der Waals surface area (Å²) in [6.07, 6.45) is 5.79. The fourth-order valence-corrected chi connectivity index (χ4v) is 2.25. The molecule has 100 valence electrons. The van der Waals surface area contributed by atoms with Crippen molar-refractivity contribution < 1.29 is 14.6 Å². The predicted molar refractivity (Wildman–Crippen MR) is 68.6 cm³/mol. The highest BCUT2D eigenvalue weighted by molar-refractivity contribution is 5.30. The molecular formula is C14H21NO3. The van der Waals surface area contributed by atoms with Crippen LogP contribution in [-0.2, 0) is 10.3 Å². The summed E-state index contributed by atoms with van der Waals surface area (Å²) < 4.78 is 11.0. The zero-order chi connectivity index (χ0) is 13.0. The first-order valence-corrected chi connectivity index (χ1v) is 6.60. The molecule has 1 aromatic heterocycles. The van der Waals surface area contributed by atoms with Crippen LogP contribution < -0.4 is 4.74 Å². The summed E-state index contributed by atoms with van der Waals surface area (Å²) >= 11 is 0. The fraction of sp³-hybridized carbons (Fsp3) is 0.643. The van der Waals surface area contributed by atoms with Gasteiger partial charge in [-0.25, -0.2) is 0 Å². The SMILES string of the molecule is CCCOc1cncc(C2(O)CC(OCC)C2)c1. The van der Waals surface area contributed by atoms with E-state index in [2.05, 4.69) is 11.9 Å². The molecule has 1 N–H and O–H groups in total. The van der Waals surface area contributed by atoms with E-state index < -0.39 is 5.60 Å². The Morgan fingerprint density at radius 1 is 1.39 bits per heavy atom. The Kier molecular flexibility index (Phi) is 4.19. The van der Waals surface area contributed by atoms with Crippen LogP contribution in [0, 0.1) is 0 Å². The summed E-state index contributed by atoms with van der Waals surface area (Å²) in [7, 11) is 0. The number of ether oxygens (including phenoxy) is 2. The first kappa shape index (κ1) is 13.3. The minimum absolute atomic E-state index is 0.167. The third-order valence-electron chi connectivity index (χ3n) is 3.26. The van der Waals surface area contributed by atoms with E-state index in [0.29, 0.717) is 26.1 Å². The number of aromatic nitrogens is 1. The van der Waals surface area contributed by atoms with Crippen molar-refractivity contribution in [2.24, 2.45) is 0 Å². The van der Waals surface area contributed by atoms with E-state index in [-0.39, 0.29) is 6.10 Å². The maximum Gasteiger partial charge on any atom is 0.137 e. The highest BCUT2D eigenvalue weighted by Gasteiger charge is 2.44. The summed E-state index contributed by atoms with van der Waals surface area (Å²) in [4.78, 5) is 4.13. The van der Waals surface area contributed by atoms with Gasteiger partial charge in [-0.2, -0.15) is 0 Å². The highest BCUT2D eigenvalue weighted by atomic mass is 16.5. The Morgan fingerprint density at radius 2 is 2.17 bits per heavy atom. The Bertz CT molecular complexity index is 388. The van der Waals surface area contributed by atoms with Gasteiger partial charge in [0.1, 0.15) is 5.75 Å². The van der Waals surface area contributed by atoms with Crippen molar-refractivity contribution in [1.82, 2.24) is 4.98 Å². The molecule has 0 radical (unpaired) electrons. The fourth-order valence-electron chi connectivity index (χ4n) is 2.25. The number of hydrogen-bond donors (Lipinski definition) is 1. The van der Waals surface area contributed by atoms with E-state index >= 15 is 0 Å². The highest BCUT2D eigenvalue weighted by Crippen LogP contribution is 2.43. The van der Waals surface area contributed by atoms with Crippen LogP contribution in [0.3, 0.4) is 0 Å². The van der Waals surface area contributed by atoms with Crippen molar-refractivity contribution in [3.8, 4) is 5.75 Å². The number of hydrogen-bond acceptors (Lipinski definition) is 4. The summed E-state index contributed by atoms with van der Waals surface area (Å²) in [6, 6.07) is 1.88. The molecule has 1 aromatic rings. The standard InChI is InChI=1S/C14H21NO3/c1-3-5-18-12-6-11(9-15-10-12)14(16)7-13(8-14)17-4-2/h6,9-10,13,16H,3-5,7-8H2,1-2H3. The second-order valence-electron chi connectivity index (χ2n) is 4.77. The zero-order valence-corrected chi connectivity index (χ0v) is 11.1. The van der Waals surface area contributed by atoms with E-state index in [4.69, 9.17) is 9.47 Å². The van der Waals surface area contributed by atoms with Crippen molar-refractivity contribution >= 4 is 0 Å². The van der Waals surface area contributed by atoms with Crippen LogP contribution in [0.4, 0.5) is 0 Å². The van der Waals surface area contributed by atoms with Gasteiger partial charge >= 0.3 is 0 Å². The average molecular weight is 251 g/mol. The molecule has 4 heteroatoms. The van der Waals surface area contributed by atoms with E-state index in [1.165, 1.54) is 0 Å². The molecule has 0 aromatic carbocycles. The van der Waals surface area contributed by atoms with E-state index in [0.717, 1.165) is 17.7 Å². The normalized spacial score (nSPS) is 26.7. The molecule has 2 rings (SSSR count). The van der Waals surface area contributed by atoms with Gasteiger partial charge in [0.15, 0.2) is 0 Å². The number of aliphatic hydroxyl groups is 1. The molecule has 0 bridgehead atoms. The molecule has 1 aliphatic rings. The molecule has 0 unspecified atom stereocenters. The first-order chi connectivity index (χ1) is 8.68. The van der Waals surface area contributed by atoms with Gasteiger partial charge in [-0.15, -0.1) is 0 Å². The molecule has 1 aliphatic carbocycles. The predicted octanol–water partition coefficient (Wildman–Crippen LogP) is 2.26. The summed E-state index contributed by atoms with van der Waals surface area (Å²) in [5.41, 5.74) is 0.0327. The molecule has 18 heavy (non-hydrogen) atoms. The minimum atomic E-state index is -0.793. The number of rotatable bonds is 6. The van der Waals surface area contributed by atoms with Gasteiger partial charge < -0.3 is 14.6 Å². The third-order valence-corrected chi connectivity index (χ3v) is 3.26. The zero-order valence-electron chi connectivity index (χ0n) is 11.1. The first-order valence-electron chi connectivity index (χ1n) is 6.60. The molecule has 1 fully saturated rings. The van der Waals surface area contributed by atoms with Gasteiger partial charge in [0.2, 0.25) is 0 Å². The second kappa shape index (κ2) is 5.67. The third kappa shape index (κ3) is 2.82. The summed E-state index contributed by atoms with van der Waals surface area (Å²) in [5, 5.41) is 10.5. The van der Waals surface area contributed by atoms with Crippen molar-refractivity contribution in [3.63, 3.8) is 0 Å². The lowest BCUT2D eigenvalue weighted by atomic mass is 9.73. The topological polar surface area (TPSA) is 51.6 Å². The van der Waals surface area contributed by atoms with Crippen LogP contribution in [-0.4, -0.2) is 29.4 Å². The smallest absolute Gasteiger partial charge is 0.137 e. The average Bonchev–Trinajstić information content (AvgIpc) is 2.35. The molecule has 4 nitrogen and oxygen atoms in total. The summed E-state index contributed by atoms with van der Waals surface area (Å²) in [5.74, 6) is 0.725. The van der Waals surface area contributed by atoms with Gasteiger partial charge in [-0.1, -0.05) is 6.92 Å². The van der Waals surface area contributed by atoms with Crippen LogP contribution in [0.15, 0.2) is 18.5 Å². The number of nitrogens with zero attached hydrogens (tertiary/aromatic N) is 1. The van der Waals surface area contributed by atoms with Crippen molar-refractivity contribution in [1.29, 1.82) is 0 Å². The molecule has 0 saturated heterocycles. The summed E-state index contributed by atoms with van der Waals surface area (Å²) in [6.45, 7) is 5.39. The maximum absolute atomic E-state index is 10.5. The van der Waals surface area contributed by atoms with E-state index in [9.17, 15) is 5.11 Å². The van der Waals surface area contributed by atoms with Gasteiger partial charge in [0.25, 0.3) is 0 Å². The Labute approximate surface area is 108 Å². The van der Waals surface area contributed by atoms with Crippen LogP contribution in [0.25, 0.3) is 0 Å². The van der Waals surface area contributed by atoms with Gasteiger partial charge in [-0.05, 0) is 19.4 Å². The second-order valence-corrected chi connectivity index (χ2v) is 4.77. The molecule has 1 saturated carbocycles. The molecule has 0 aliphatic heterocycles. The lowest BCUT2D eigenvalue weighted by Crippen LogP contribution is -2.45. The Balaban J connectivity index is 2.00. The molecular weight excluding hydrogens is 230 g/mol. The van der Waals surface area contributed by atoms with E-state index in [1.807, 2.05) is 13.0 Å². The minimum Gasteiger partial charge on any atom is -0.492 e. The van der Waals surface area contributed by atoms with Crippen molar-refractivity contribution in [3.05, 3.63) is 24.0 Å². The molecule has 0 spiro atoms. The van der Waals surface area contributed by atoms with Crippen LogP contribution in [0.2, 0.25) is 0 Å². The van der Waals surface area contributed by atoms with Crippen molar-refractivity contribution in [2.45, 2.75) is 44.8 Å². The lowest BCUT2D eigenvalue weighted by Gasteiger charge is -2.43. The van der Waals surface area contributed by atoms with Crippen LogP contribution in [0.5, 0.6) is 5.75 Å². The molecule has 0 atom stereocenters. The Hall–Kier alpha value is -1.13. The quantitative estimate of drug-likeness (QED) is 0.842. The molecule has 1 heterocycles. The lowest BCUT2D eigenvalue weighted by molar-refractivity contribution is -0.142. The number of pyridine rings is 1. The van der Waals surface area contributed by atoms with Gasteiger partial charge in [-0.3, -0.25) is 4.98 Å². The van der Waals surface area contributed by atoms with Crippen molar-refractivity contribution in [2.75, 3.05) is 13.2 Å². The van der Waals surface area contributed by atoms with Gasteiger partial charge in [0.05, 0.1) is 24.5 Å².